The van der Waals surface area contributed by atoms with Crippen molar-refractivity contribution in [2.45, 2.75) is 32.2 Å². The first kappa shape index (κ1) is 13.6. The summed E-state index contributed by atoms with van der Waals surface area (Å²) in [5.41, 5.74) is 4.08. The molecule has 1 N–H and O–H groups in total. The molecular formula is C18H17FN2. The Labute approximate surface area is 124 Å². The van der Waals surface area contributed by atoms with Crippen molar-refractivity contribution in [3.05, 3.63) is 64.5 Å². The van der Waals surface area contributed by atoms with Gasteiger partial charge in [0.1, 0.15) is 5.82 Å². The number of fused-ring (bicyclic) bond motifs is 1. The number of halogens is 1. The number of benzene rings is 2. The SMILES string of the molecule is Cc1cc(F)cc(NC2(C#N)CCc3ccc(C)cc32)c1. The van der Waals surface area contributed by atoms with E-state index in [1.165, 1.54) is 17.7 Å². The summed E-state index contributed by atoms with van der Waals surface area (Å²) in [6.45, 7) is 3.87. The van der Waals surface area contributed by atoms with Crippen LogP contribution in [-0.2, 0) is 12.0 Å². The summed E-state index contributed by atoms with van der Waals surface area (Å²) >= 11 is 0. The summed E-state index contributed by atoms with van der Waals surface area (Å²) in [7, 11) is 0. The summed E-state index contributed by atoms with van der Waals surface area (Å²) < 4.78 is 13.6. The standard InChI is InChI=1S/C18H17FN2/c1-12-3-4-14-5-6-18(11-20,17(14)9-12)21-16-8-13(2)7-15(19)10-16/h3-4,7-10,21H,5-6H2,1-2H3. The van der Waals surface area contributed by atoms with E-state index >= 15 is 0 Å². The van der Waals surface area contributed by atoms with Crippen LogP contribution < -0.4 is 5.32 Å². The lowest BCUT2D eigenvalue weighted by atomic mass is 9.92. The lowest BCUT2D eigenvalue weighted by Gasteiger charge is -2.26. The number of rotatable bonds is 2. The van der Waals surface area contributed by atoms with Crippen LogP contribution in [0.5, 0.6) is 0 Å². The maximum Gasteiger partial charge on any atom is 0.151 e. The molecule has 1 aliphatic carbocycles. The van der Waals surface area contributed by atoms with Gasteiger partial charge < -0.3 is 5.32 Å². The van der Waals surface area contributed by atoms with E-state index in [2.05, 4.69) is 29.6 Å². The van der Waals surface area contributed by atoms with Crippen LogP contribution >= 0.6 is 0 Å². The summed E-state index contributed by atoms with van der Waals surface area (Å²) in [5, 5.41) is 13.0. The molecule has 0 bridgehead atoms. The molecule has 0 amide bonds. The minimum absolute atomic E-state index is 0.284. The molecule has 0 saturated heterocycles. The van der Waals surface area contributed by atoms with Gasteiger partial charge in [-0.3, -0.25) is 0 Å². The molecule has 21 heavy (non-hydrogen) atoms. The zero-order chi connectivity index (χ0) is 15.0. The summed E-state index contributed by atoms with van der Waals surface area (Å²) in [5.74, 6) is -0.284. The van der Waals surface area contributed by atoms with Crippen LogP contribution in [0.2, 0.25) is 0 Å². The van der Waals surface area contributed by atoms with Crippen molar-refractivity contribution < 1.29 is 4.39 Å². The lowest BCUT2D eigenvalue weighted by Crippen LogP contribution is -2.31. The Bertz CT molecular complexity index is 725. The Morgan fingerprint density at radius 3 is 2.67 bits per heavy atom. The number of nitriles is 1. The quantitative estimate of drug-likeness (QED) is 0.894. The van der Waals surface area contributed by atoms with Crippen molar-refractivity contribution in [1.29, 1.82) is 5.26 Å². The first-order valence-corrected chi connectivity index (χ1v) is 7.09. The van der Waals surface area contributed by atoms with Crippen LogP contribution in [0.25, 0.3) is 0 Å². The minimum atomic E-state index is -0.762. The lowest BCUT2D eigenvalue weighted by molar-refractivity contribution is 0.611. The predicted octanol–water partition coefficient (Wildman–Crippen LogP) is 4.22. The molecule has 3 heteroatoms. The normalized spacial score (nSPS) is 19.9. The average molecular weight is 280 g/mol. The molecule has 0 aliphatic heterocycles. The van der Waals surface area contributed by atoms with E-state index in [1.807, 2.05) is 19.9 Å². The van der Waals surface area contributed by atoms with Crippen molar-refractivity contribution >= 4 is 5.69 Å². The molecule has 0 aromatic heterocycles. The first-order chi connectivity index (χ1) is 10.0. The van der Waals surface area contributed by atoms with Crippen molar-refractivity contribution in [1.82, 2.24) is 0 Å². The second kappa shape index (κ2) is 4.89. The predicted molar refractivity (Wildman–Crippen MR) is 81.6 cm³/mol. The average Bonchev–Trinajstić information content (AvgIpc) is 2.76. The summed E-state index contributed by atoms with van der Waals surface area (Å²) in [6.07, 6.45) is 1.57. The third-order valence-corrected chi connectivity index (χ3v) is 4.09. The molecule has 106 valence electrons. The number of hydrogen-bond acceptors (Lipinski definition) is 2. The highest BCUT2D eigenvalue weighted by atomic mass is 19.1. The van der Waals surface area contributed by atoms with Gasteiger partial charge in [-0.25, -0.2) is 4.39 Å². The highest BCUT2D eigenvalue weighted by Crippen LogP contribution is 2.39. The third kappa shape index (κ3) is 2.38. The van der Waals surface area contributed by atoms with Crippen LogP contribution in [-0.4, -0.2) is 0 Å². The number of aryl methyl sites for hydroxylation is 3. The maximum absolute atomic E-state index is 13.6. The van der Waals surface area contributed by atoms with Gasteiger partial charge in [-0.15, -0.1) is 0 Å². The Morgan fingerprint density at radius 1 is 1.14 bits per heavy atom. The second-order valence-corrected chi connectivity index (χ2v) is 5.82. The molecular weight excluding hydrogens is 263 g/mol. The number of anilines is 1. The molecule has 3 rings (SSSR count). The highest BCUT2D eigenvalue weighted by Gasteiger charge is 2.39. The third-order valence-electron chi connectivity index (χ3n) is 4.09. The van der Waals surface area contributed by atoms with Gasteiger partial charge in [0.05, 0.1) is 6.07 Å². The van der Waals surface area contributed by atoms with Crippen molar-refractivity contribution in [2.24, 2.45) is 0 Å². The molecule has 1 atom stereocenters. The van der Waals surface area contributed by atoms with Crippen LogP contribution in [0.1, 0.15) is 28.7 Å². The molecule has 0 radical (unpaired) electrons. The minimum Gasteiger partial charge on any atom is -0.364 e. The van der Waals surface area contributed by atoms with Gasteiger partial charge >= 0.3 is 0 Å². The van der Waals surface area contributed by atoms with E-state index in [4.69, 9.17) is 0 Å². The van der Waals surface area contributed by atoms with Gasteiger partial charge in [-0.05, 0) is 61.6 Å². The summed E-state index contributed by atoms with van der Waals surface area (Å²) in [6, 6.07) is 13.4. The fraction of sp³-hybridized carbons (Fsp3) is 0.278. The topological polar surface area (TPSA) is 35.8 Å². The number of nitrogens with zero attached hydrogens (tertiary/aromatic N) is 1. The fourth-order valence-electron chi connectivity index (χ4n) is 3.09. The van der Waals surface area contributed by atoms with E-state index in [0.717, 1.165) is 23.1 Å². The van der Waals surface area contributed by atoms with Crippen LogP contribution in [0.4, 0.5) is 10.1 Å². The number of nitrogens with one attached hydrogen (secondary N) is 1. The van der Waals surface area contributed by atoms with E-state index in [9.17, 15) is 9.65 Å². The second-order valence-electron chi connectivity index (χ2n) is 5.82. The molecule has 0 heterocycles. The van der Waals surface area contributed by atoms with Crippen molar-refractivity contribution in [3.8, 4) is 6.07 Å². The molecule has 0 saturated carbocycles. The molecule has 2 nitrogen and oxygen atoms in total. The Hall–Kier alpha value is -2.34. The Kier molecular flexibility index (Phi) is 3.17. The molecule has 1 unspecified atom stereocenters. The first-order valence-electron chi connectivity index (χ1n) is 7.09. The van der Waals surface area contributed by atoms with E-state index in [0.29, 0.717) is 12.1 Å². The highest BCUT2D eigenvalue weighted by molar-refractivity contribution is 5.56. The zero-order valence-electron chi connectivity index (χ0n) is 12.2. The van der Waals surface area contributed by atoms with Gasteiger partial charge in [-0.2, -0.15) is 5.26 Å². The van der Waals surface area contributed by atoms with Gasteiger partial charge in [0.2, 0.25) is 0 Å². The molecule has 2 aromatic rings. The van der Waals surface area contributed by atoms with Crippen molar-refractivity contribution in [3.63, 3.8) is 0 Å². The molecule has 1 aliphatic rings. The van der Waals surface area contributed by atoms with E-state index < -0.39 is 5.54 Å². The Balaban J connectivity index is 2.04. The monoisotopic (exact) mass is 280 g/mol. The molecule has 0 fully saturated rings. The zero-order valence-corrected chi connectivity index (χ0v) is 12.2. The van der Waals surface area contributed by atoms with Crippen LogP contribution in [0.3, 0.4) is 0 Å². The van der Waals surface area contributed by atoms with Gasteiger partial charge in [0.25, 0.3) is 0 Å². The fourth-order valence-corrected chi connectivity index (χ4v) is 3.09. The van der Waals surface area contributed by atoms with E-state index in [1.54, 1.807) is 0 Å². The summed E-state index contributed by atoms with van der Waals surface area (Å²) in [4.78, 5) is 0. The largest absolute Gasteiger partial charge is 0.364 e. The molecule has 0 spiro atoms. The van der Waals surface area contributed by atoms with Crippen LogP contribution in [0, 0.1) is 31.0 Å². The van der Waals surface area contributed by atoms with Gasteiger partial charge in [-0.1, -0.05) is 23.8 Å². The molecule has 2 aromatic carbocycles. The smallest absolute Gasteiger partial charge is 0.151 e. The van der Waals surface area contributed by atoms with Gasteiger partial charge in [0.15, 0.2) is 5.54 Å². The maximum atomic E-state index is 13.6. The van der Waals surface area contributed by atoms with Crippen LogP contribution in [0.15, 0.2) is 36.4 Å². The number of hydrogen-bond donors (Lipinski definition) is 1. The Morgan fingerprint density at radius 2 is 1.95 bits per heavy atom. The van der Waals surface area contributed by atoms with E-state index in [-0.39, 0.29) is 5.82 Å². The van der Waals surface area contributed by atoms with Crippen molar-refractivity contribution in [2.75, 3.05) is 5.32 Å². The van der Waals surface area contributed by atoms with Gasteiger partial charge in [0, 0.05) is 5.69 Å².